The molecule has 2 aromatic carbocycles. The van der Waals surface area contributed by atoms with Crippen LogP contribution in [0.1, 0.15) is 19.3 Å². The van der Waals surface area contributed by atoms with Gasteiger partial charge in [0.15, 0.2) is 5.65 Å². The van der Waals surface area contributed by atoms with E-state index in [1.165, 1.54) is 19.3 Å². The van der Waals surface area contributed by atoms with Gasteiger partial charge in [0, 0.05) is 18.7 Å². The van der Waals surface area contributed by atoms with Gasteiger partial charge in [0.25, 0.3) is 0 Å². The number of anilines is 2. The number of benzene rings is 2. The zero-order valence-electron chi connectivity index (χ0n) is 16.1. The van der Waals surface area contributed by atoms with E-state index in [0.29, 0.717) is 11.5 Å². The second-order valence-electron chi connectivity index (χ2n) is 7.35. The Labute approximate surface area is 169 Å². The molecule has 4 aromatic rings. The molecule has 29 heavy (non-hydrogen) atoms. The highest BCUT2D eigenvalue weighted by Crippen LogP contribution is 2.35. The lowest BCUT2D eigenvalue weighted by Gasteiger charge is -2.28. The number of ether oxygens (including phenoxy) is 1. The van der Waals surface area contributed by atoms with Crippen molar-refractivity contribution in [2.45, 2.75) is 19.3 Å². The van der Waals surface area contributed by atoms with Gasteiger partial charge in [0.2, 0.25) is 0 Å². The van der Waals surface area contributed by atoms with Gasteiger partial charge < -0.3 is 15.4 Å². The van der Waals surface area contributed by atoms with Crippen molar-refractivity contribution in [2.24, 2.45) is 0 Å². The molecule has 6 heteroatoms. The first-order valence-electron chi connectivity index (χ1n) is 10.0. The smallest absolute Gasteiger partial charge is 0.185 e. The largest absolute Gasteiger partial charge is 0.457 e. The highest BCUT2D eigenvalue weighted by atomic mass is 16.5. The zero-order chi connectivity index (χ0) is 19.6. The fraction of sp³-hybridized carbons (Fsp3) is 0.217. The van der Waals surface area contributed by atoms with E-state index in [-0.39, 0.29) is 0 Å². The Balaban J connectivity index is 1.52. The summed E-state index contributed by atoms with van der Waals surface area (Å²) in [5, 5.41) is 8.07. The van der Waals surface area contributed by atoms with Crippen molar-refractivity contribution in [1.82, 2.24) is 15.2 Å². The van der Waals surface area contributed by atoms with Crippen LogP contribution >= 0.6 is 0 Å². The van der Waals surface area contributed by atoms with Crippen molar-refractivity contribution in [1.29, 1.82) is 0 Å². The van der Waals surface area contributed by atoms with Crippen molar-refractivity contribution in [2.75, 3.05) is 23.7 Å². The highest BCUT2D eigenvalue weighted by Gasteiger charge is 2.18. The summed E-state index contributed by atoms with van der Waals surface area (Å²) in [6, 6.07) is 20.0. The Bertz CT molecular complexity index is 1120. The number of nitrogen functional groups attached to an aromatic ring is 1. The molecule has 2 aromatic heterocycles. The van der Waals surface area contributed by atoms with Gasteiger partial charge in [-0.2, -0.15) is 5.10 Å². The van der Waals surface area contributed by atoms with Gasteiger partial charge in [-0.25, -0.2) is 4.98 Å². The van der Waals surface area contributed by atoms with Crippen molar-refractivity contribution in [3.05, 3.63) is 60.7 Å². The molecule has 3 heterocycles. The first kappa shape index (κ1) is 17.6. The van der Waals surface area contributed by atoms with E-state index < -0.39 is 0 Å². The van der Waals surface area contributed by atoms with Gasteiger partial charge in [0.1, 0.15) is 23.1 Å². The predicted molar refractivity (Wildman–Crippen MR) is 116 cm³/mol. The Kier molecular flexibility index (Phi) is 4.52. The Morgan fingerprint density at radius 3 is 2.38 bits per heavy atom. The summed E-state index contributed by atoms with van der Waals surface area (Å²) in [6.07, 6.45) is 3.68. The fourth-order valence-corrected chi connectivity index (χ4v) is 3.87. The second kappa shape index (κ2) is 7.47. The number of nitrogens with two attached hydrogens (primary N) is 1. The van der Waals surface area contributed by atoms with Gasteiger partial charge in [-0.3, -0.25) is 5.10 Å². The number of H-pyrrole nitrogens is 1. The normalized spacial score (nSPS) is 14.3. The van der Waals surface area contributed by atoms with E-state index in [1.54, 1.807) is 0 Å². The van der Waals surface area contributed by atoms with Gasteiger partial charge in [-0.15, -0.1) is 0 Å². The van der Waals surface area contributed by atoms with Crippen LogP contribution in [0, 0.1) is 0 Å². The first-order chi connectivity index (χ1) is 14.3. The standard InChI is InChI=1S/C23H23N5O/c24-22-21-19(15-20(25-23(21)27-26-22)28-13-5-2-6-14-28)16-9-11-18(12-10-16)29-17-7-3-1-4-8-17/h1,3-4,7-12,15H,2,5-6,13-14H2,(H3,24,25,26,27). The maximum absolute atomic E-state index is 6.18. The molecule has 1 aliphatic heterocycles. The third kappa shape index (κ3) is 3.49. The number of nitrogens with one attached hydrogen (secondary N) is 1. The number of aromatic amines is 1. The van der Waals surface area contributed by atoms with Gasteiger partial charge in [0.05, 0.1) is 5.39 Å². The molecule has 0 amide bonds. The summed E-state index contributed by atoms with van der Waals surface area (Å²) in [6.45, 7) is 2.06. The number of aromatic nitrogens is 3. The predicted octanol–water partition coefficient (Wildman–Crippen LogP) is 4.99. The number of pyridine rings is 1. The lowest BCUT2D eigenvalue weighted by atomic mass is 10.0. The number of hydrogen-bond donors (Lipinski definition) is 2. The molecule has 0 radical (unpaired) electrons. The Hall–Kier alpha value is -3.54. The summed E-state index contributed by atoms with van der Waals surface area (Å²) < 4.78 is 5.92. The SMILES string of the molecule is Nc1[nH]nc2nc(N3CCCCC3)cc(-c3ccc(Oc4ccccc4)cc3)c12. The lowest BCUT2D eigenvalue weighted by Crippen LogP contribution is -2.30. The fourth-order valence-electron chi connectivity index (χ4n) is 3.87. The molecule has 0 atom stereocenters. The lowest BCUT2D eigenvalue weighted by molar-refractivity contribution is 0.483. The Morgan fingerprint density at radius 1 is 0.897 bits per heavy atom. The molecule has 0 aliphatic carbocycles. The van der Waals surface area contributed by atoms with Crippen LogP contribution in [-0.4, -0.2) is 28.3 Å². The minimum Gasteiger partial charge on any atom is -0.457 e. The molecule has 1 aliphatic rings. The van der Waals surface area contributed by atoms with Crippen LogP contribution in [0.2, 0.25) is 0 Å². The van der Waals surface area contributed by atoms with Crippen molar-refractivity contribution in [3.63, 3.8) is 0 Å². The average molecular weight is 385 g/mol. The van der Waals surface area contributed by atoms with Crippen LogP contribution < -0.4 is 15.4 Å². The molecule has 0 spiro atoms. The van der Waals surface area contributed by atoms with Gasteiger partial charge >= 0.3 is 0 Å². The van der Waals surface area contributed by atoms with Crippen LogP contribution in [0.25, 0.3) is 22.2 Å². The van der Waals surface area contributed by atoms with E-state index in [1.807, 2.05) is 42.5 Å². The molecule has 0 saturated carbocycles. The van der Waals surface area contributed by atoms with Crippen LogP contribution in [-0.2, 0) is 0 Å². The summed E-state index contributed by atoms with van der Waals surface area (Å²) in [7, 11) is 0. The topological polar surface area (TPSA) is 80.1 Å². The molecule has 146 valence electrons. The van der Waals surface area contributed by atoms with Crippen molar-refractivity contribution in [3.8, 4) is 22.6 Å². The van der Waals surface area contributed by atoms with Crippen LogP contribution in [0.5, 0.6) is 11.5 Å². The zero-order valence-corrected chi connectivity index (χ0v) is 16.1. The van der Waals surface area contributed by atoms with Crippen LogP contribution in [0.15, 0.2) is 60.7 Å². The summed E-state index contributed by atoms with van der Waals surface area (Å²) >= 11 is 0. The molecular weight excluding hydrogens is 362 g/mol. The third-order valence-electron chi connectivity index (χ3n) is 5.36. The molecule has 5 rings (SSSR count). The summed E-state index contributed by atoms with van der Waals surface area (Å²) in [4.78, 5) is 7.10. The molecule has 0 bridgehead atoms. The summed E-state index contributed by atoms with van der Waals surface area (Å²) in [5.74, 6) is 3.11. The van der Waals surface area contributed by atoms with Gasteiger partial charge in [-0.1, -0.05) is 30.3 Å². The minimum atomic E-state index is 0.539. The van der Waals surface area contributed by atoms with Crippen molar-refractivity contribution >= 4 is 22.7 Å². The second-order valence-corrected chi connectivity index (χ2v) is 7.35. The van der Waals surface area contributed by atoms with E-state index in [9.17, 15) is 0 Å². The van der Waals surface area contributed by atoms with E-state index in [0.717, 1.165) is 46.9 Å². The average Bonchev–Trinajstić information content (AvgIpc) is 3.16. The molecular formula is C23H23N5O. The Morgan fingerprint density at radius 2 is 1.62 bits per heavy atom. The quantitative estimate of drug-likeness (QED) is 0.517. The number of rotatable bonds is 4. The van der Waals surface area contributed by atoms with E-state index in [2.05, 4.69) is 33.3 Å². The number of nitrogens with zero attached hydrogens (tertiary/aromatic N) is 3. The minimum absolute atomic E-state index is 0.539. The third-order valence-corrected chi connectivity index (χ3v) is 5.36. The molecule has 1 fully saturated rings. The van der Waals surface area contributed by atoms with Crippen LogP contribution in [0.4, 0.5) is 11.6 Å². The maximum Gasteiger partial charge on any atom is 0.185 e. The molecule has 0 unspecified atom stereocenters. The number of para-hydroxylation sites is 1. The van der Waals surface area contributed by atoms with E-state index in [4.69, 9.17) is 15.5 Å². The first-order valence-corrected chi connectivity index (χ1v) is 10.0. The van der Waals surface area contributed by atoms with Gasteiger partial charge in [-0.05, 0) is 55.2 Å². The highest BCUT2D eigenvalue weighted by molar-refractivity contribution is 6.01. The summed E-state index contributed by atoms with van der Waals surface area (Å²) in [5.41, 5.74) is 8.93. The number of hydrogen-bond acceptors (Lipinski definition) is 5. The molecule has 6 nitrogen and oxygen atoms in total. The molecule has 1 saturated heterocycles. The number of fused-ring (bicyclic) bond motifs is 1. The maximum atomic E-state index is 6.18. The number of piperidine rings is 1. The molecule has 3 N–H and O–H groups in total. The monoisotopic (exact) mass is 385 g/mol. The van der Waals surface area contributed by atoms with E-state index >= 15 is 0 Å². The van der Waals surface area contributed by atoms with Crippen molar-refractivity contribution < 1.29 is 4.74 Å². The van der Waals surface area contributed by atoms with Crippen LogP contribution in [0.3, 0.4) is 0 Å².